The summed E-state index contributed by atoms with van der Waals surface area (Å²) in [5.41, 5.74) is 1.26. The molecule has 0 aliphatic carbocycles. The van der Waals surface area contributed by atoms with E-state index < -0.39 is 9.84 Å². The van der Waals surface area contributed by atoms with Gasteiger partial charge in [-0.3, -0.25) is 0 Å². The van der Waals surface area contributed by atoms with Gasteiger partial charge in [-0.1, -0.05) is 49.7 Å². The number of rotatable bonds is 7. The molecule has 3 nitrogen and oxygen atoms in total. The van der Waals surface area contributed by atoms with E-state index in [2.05, 4.69) is 17.1 Å². The van der Waals surface area contributed by atoms with E-state index in [-0.39, 0.29) is 16.7 Å². The number of benzene rings is 1. The molecule has 1 aromatic heterocycles. The van der Waals surface area contributed by atoms with Gasteiger partial charge in [0.15, 0.2) is 14.9 Å². The second-order valence-electron chi connectivity index (χ2n) is 5.25. The summed E-state index contributed by atoms with van der Waals surface area (Å²) >= 11 is 0. The van der Waals surface area contributed by atoms with E-state index in [0.717, 1.165) is 19.3 Å². The molecule has 0 bridgehead atoms. The van der Waals surface area contributed by atoms with Gasteiger partial charge in [0, 0.05) is 6.20 Å². The predicted octanol–water partition coefficient (Wildman–Crippen LogP) is 3.51. The van der Waals surface area contributed by atoms with Gasteiger partial charge in [0.25, 0.3) is 0 Å². The van der Waals surface area contributed by atoms with E-state index in [1.165, 1.54) is 11.8 Å². The number of hydrogen-bond acceptors (Lipinski definition) is 3. The summed E-state index contributed by atoms with van der Waals surface area (Å²) in [5.74, 6) is 0.338. The first kappa shape index (κ1) is 15.7. The Labute approximate surface area is 127 Å². The SMILES string of the molecule is CC[C@H](CCc1ccccc1)CS(=O)(=O)c1ccccn1. The fourth-order valence-electron chi connectivity index (χ4n) is 2.35. The van der Waals surface area contributed by atoms with Gasteiger partial charge in [0.05, 0.1) is 5.75 Å². The maximum absolute atomic E-state index is 12.4. The van der Waals surface area contributed by atoms with Crippen molar-refractivity contribution in [3.05, 3.63) is 60.3 Å². The fourth-order valence-corrected chi connectivity index (χ4v) is 4.05. The summed E-state index contributed by atoms with van der Waals surface area (Å²) in [6, 6.07) is 15.2. The second kappa shape index (κ2) is 7.36. The largest absolute Gasteiger partial charge is 0.245 e. The fraction of sp³-hybridized carbons (Fsp3) is 0.353. The van der Waals surface area contributed by atoms with E-state index in [1.807, 2.05) is 25.1 Å². The van der Waals surface area contributed by atoms with Crippen molar-refractivity contribution in [3.8, 4) is 0 Å². The lowest BCUT2D eigenvalue weighted by molar-refractivity contribution is 0.502. The molecular formula is C17H21NO2S. The van der Waals surface area contributed by atoms with Crippen LogP contribution in [0.2, 0.25) is 0 Å². The molecule has 112 valence electrons. The van der Waals surface area contributed by atoms with Gasteiger partial charge in [0.2, 0.25) is 0 Å². The summed E-state index contributed by atoms with van der Waals surface area (Å²) < 4.78 is 24.7. The first-order valence-electron chi connectivity index (χ1n) is 7.29. The molecule has 0 radical (unpaired) electrons. The van der Waals surface area contributed by atoms with Crippen LogP contribution in [0.5, 0.6) is 0 Å². The van der Waals surface area contributed by atoms with Crippen molar-refractivity contribution in [1.82, 2.24) is 4.98 Å². The van der Waals surface area contributed by atoms with Crippen LogP contribution in [0.3, 0.4) is 0 Å². The van der Waals surface area contributed by atoms with Gasteiger partial charge in [0.1, 0.15) is 0 Å². The van der Waals surface area contributed by atoms with Gasteiger partial charge < -0.3 is 0 Å². The van der Waals surface area contributed by atoms with Crippen molar-refractivity contribution in [1.29, 1.82) is 0 Å². The summed E-state index contributed by atoms with van der Waals surface area (Å²) in [7, 11) is -3.29. The molecule has 1 atom stereocenters. The van der Waals surface area contributed by atoms with Crippen LogP contribution in [-0.2, 0) is 16.3 Å². The second-order valence-corrected chi connectivity index (χ2v) is 7.23. The minimum atomic E-state index is -3.29. The first-order chi connectivity index (χ1) is 10.1. The van der Waals surface area contributed by atoms with Crippen LogP contribution in [0.15, 0.2) is 59.8 Å². The molecule has 0 aliphatic heterocycles. The maximum Gasteiger partial charge on any atom is 0.195 e. The average Bonchev–Trinajstić information content (AvgIpc) is 2.53. The van der Waals surface area contributed by atoms with Gasteiger partial charge >= 0.3 is 0 Å². The standard InChI is InChI=1S/C17H21NO2S/c1-2-15(11-12-16-8-4-3-5-9-16)14-21(19,20)17-10-6-7-13-18-17/h3-10,13,15H,2,11-12,14H2,1H3/t15-/m1/s1. The van der Waals surface area contributed by atoms with E-state index >= 15 is 0 Å². The third-order valence-electron chi connectivity index (χ3n) is 3.67. The number of nitrogens with zero attached hydrogens (tertiary/aromatic N) is 1. The topological polar surface area (TPSA) is 47.0 Å². The Morgan fingerprint density at radius 1 is 1.05 bits per heavy atom. The predicted molar refractivity (Wildman–Crippen MR) is 84.8 cm³/mol. The van der Waals surface area contributed by atoms with E-state index in [4.69, 9.17) is 0 Å². The highest BCUT2D eigenvalue weighted by Crippen LogP contribution is 2.19. The Kier molecular flexibility index (Phi) is 5.51. The van der Waals surface area contributed by atoms with E-state index in [1.54, 1.807) is 18.2 Å². The first-order valence-corrected chi connectivity index (χ1v) is 8.94. The monoisotopic (exact) mass is 303 g/mol. The maximum atomic E-state index is 12.4. The highest BCUT2D eigenvalue weighted by atomic mass is 32.2. The van der Waals surface area contributed by atoms with Crippen molar-refractivity contribution in [2.45, 2.75) is 31.2 Å². The third-order valence-corrected chi connectivity index (χ3v) is 5.46. The zero-order valence-corrected chi connectivity index (χ0v) is 13.1. The van der Waals surface area contributed by atoms with Crippen LogP contribution >= 0.6 is 0 Å². The average molecular weight is 303 g/mol. The number of hydrogen-bond donors (Lipinski definition) is 0. The lowest BCUT2D eigenvalue weighted by Crippen LogP contribution is -2.17. The van der Waals surface area contributed by atoms with Crippen LogP contribution in [0.25, 0.3) is 0 Å². The molecule has 0 saturated heterocycles. The van der Waals surface area contributed by atoms with Gasteiger partial charge in [-0.05, 0) is 36.5 Å². The molecule has 0 N–H and O–H groups in total. The molecule has 0 fully saturated rings. The Hall–Kier alpha value is -1.68. The van der Waals surface area contributed by atoms with Crippen molar-refractivity contribution in [3.63, 3.8) is 0 Å². The quantitative estimate of drug-likeness (QED) is 0.786. The van der Waals surface area contributed by atoms with Gasteiger partial charge in [-0.25, -0.2) is 13.4 Å². The molecule has 2 rings (SSSR count). The smallest absolute Gasteiger partial charge is 0.195 e. The molecule has 1 heterocycles. The molecule has 0 unspecified atom stereocenters. The van der Waals surface area contributed by atoms with Crippen molar-refractivity contribution >= 4 is 9.84 Å². The van der Waals surface area contributed by atoms with Crippen LogP contribution in [-0.4, -0.2) is 19.2 Å². The van der Waals surface area contributed by atoms with Crippen LogP contribution < -0.4 is 0 Å². The highest BCUT2D eigenvalue weighted by molar-refractivity contribution is 7.91. The molecule has 0 aliphatic rings. The number of aryl methyl sites for hydroxylation is 1. The Morgan fingerprint density at radius 2 is 1.76 bits per heavy atom. The van der Waals surface area contributed by atoms with Crippen LogP contribution in [0, 0.1) is 5.92 Å². The van der Waals surface area contributed by atoms with Crippen molar-refractivity contribution in [2.75, 3.05) is 5.75 Å². The highest BCUT2D eigenvalue weighted by Gasteiger charge is 2.21. The minimum Gasteiger partial charge on any atom is -0.245 e. The Morgan fingerprint density at radius 3 is 2.38 bits per heavy atom. The van der Waals surface area contributed by atoms with E-state index in [0.29, 0.717) is 0 Å². The third kappa shape index (κ3) is 4.67. The summed E-state index contributed by atoms with van der Waals surface area (Å²) in [5, 5.41) is 0.183. The summed E-state index contributed by atoms with van der Waals surface area (Å²) in [6.45, 7) is 2.05. The molecule has 4 heteroatoms. The van der Waals surface area contributed by atoms with Crippen LogP contribution in [0.4, 0.5) is 0 Å². The molecule has 21 heavy (non-hydrogen) atoms. The molecule has 0 spiro atoms. The molecule has 1 aromatic carbocycles. The van der Waals surface area contributed by atoms with E-state index in [9.17, 15) is 8.42 Å². The Balaban J connectivity index is 1.99. The van der Waals surface area contributed by atoms with Crippen LogP contribution in [0.1, 0.15) is 25.3 Å². The van der Waals surface area contributed by atoms with Gasteiger partial charge in [-0.15, -0.1) is 0 Å². The molecule has 0 saturated carbocycles. The lowest BCUT2D eigenvalue weighted by atomic mass is 9.99. The summed E-state index contributed by atoms with van der Waals surface area (Å²) in [6.07, 6.45) is 4.18. The lowest BCUT2D eigenvalue weighted by Gasteiger charge is -2.14. The Bertz CT molecular complexity index is 639. The summed E-state index contributed by atoms with van der Waals surface area (Å²) in [4.78, 5) is 3.97. The molecule has 0 amide bonds. The normalized spacial score (nSPS) is 13.0. The van der Waals surface area contributed by atoms with Gasteiger partial charge in [-0.2, -0.15) is 0 Å². The molecule has 2 aromatic rings. The minimum absolute atomic E-state index is 0.164. The number of aromatic nitrogens is 1. The van der Waals surface area contributed by atoms with Crippen molar-refractivity contribution in [2.24, 2.45) is 5.92 Å². The van der Waals surface area contributed by atoms with Crippen molar-refractivity contribution < 1.29 is 8.42 Å². The zero-order chi connectivity index (χ0) is 15.1. The number of pyridine rings is 1. The zero-order valence-electron chi connectivity index (χ0n) is 12.3. The molecular weight excluding hydrogens is 282 g/mol. The number of sulfone groups is 1.